The number of hydrogen-bond acceptors (Lipinski definition) is 3. The Hall–Kier alpha value is -2.11. The third kappa shape index (κ3) is 6.22. The van der Waals surface area contributed by atoms with Gasteiger partial charge in [-0.2, -0.15) is 0 Å². The number of halogens is 1. The van der Waals surface area contributed by atoms with E-state index in [-0.39, 0.29) is 18.4 Å². The summed E-state index contributed by atoms with van der Waals surface area (Å²) >= 11 is 6.23. The lowest BCUT2D eigenvalue weighted by Gasteiger charge is -2.21. The summed E-state index contributed by atoms with van der Waals surface area (Å²) in [4.78, 5) is 19.6. The van der Waals surface area contributed by atoms with Crippen LogP contribution in [0.2, 0.25) is 5.02 Å². The summed E-state index contributed by atoms with van der Waals surface area (Å²) in [6.07, 6.45) is 8.28. The van der Waals surface area contributed by atoms with Gasteiger partial charge in [0.2, 0.25) is 0 Å². The number of allylic oxidation sites excluding steroid dienone is 4. The van der Waals surface area contributed by atoms with Gasteiger partial charge >= 0.3 is 0 Å². The first-order valence-electron chi connectivity index (χ1n) is 9.18. The Morgan fingerprint density at radius 3 is 2.81 bits per heavy atom. The van der Waals surface area contributed by atoms with E-state index < -0.39 is 0 Å². The minimum Gasteiger partial charge on any atom is -0.316 e. The van der Waals surface area contributed by atoms with Crippen LogP contribution in [0.15, 0.2) is 57.2 Å². The van der Waals surface area contributed by atoms with E-state index in [0.717, 1.165) is 17.7 Å². The fraction of sp³-hybridized carbons (Fsp3) is 0.429. The smallest absolute Gasteiger partial charge is 0.286 e. The van der Waals surface area contributed by atoms with Crippen molar-refractivity contribution in [2.24, 2.45) is 32.9 Å². The minimum atomic E-state index is -0.0636. The minimum absolute atomic E-state index is 0.0636. The van der Waals surface area contributed by atoms with Crippen molar-refractivity contribution in [1.29, 1.82) is 0 Å². The van der Waals surface area contributed by atoms with E-state index in [9.17, 15) is 4.91 Å². The SMILES string of the molecule is CNCc1ccc(Cl)c(C/N=C(N=O)\N=C\C2C=C(C(C)C)C=CC2C)c1. The molecule has 144 valence electrons. The van der Waals surface area contributed by atoms with Crippen molar-refractivity contribution >= 4 is 23.8 Å². The molecule has 1 N–H and O–H groups in total. The Bertz CT molecular complexity index is 780. The average molecular weight is 387 g/mol. The Kier molecular flexibility index (Phi) is 8.07. The lowest BCUT2D eigenvalue weighted by Crippen LogP contribution is -2.14. The average Bonchev–Trinajstić information content (AvgIpc) is 2.65. The van der Waals surface area contributed by atoms with Crippen molar-refractivity contribution in [2.75, 3.05) is 7.05 Å². The van der Waals surface area contributed by atoms with Crippen molar-refractivity contribution in [1.82, 2.24) is 5.32 Å². The molecule has 1 aromatic carbocycles. The van der Waals surface area contributed by atoms with Crippen LogP contribution < -0.4 is 5.32 Å². The van der Waals surface area contributed by atoms with E-state index in [1.807, 2.05) is 25.2 Å². The number of hydrogen-bond donors (Lipinski definition) is 1. The molecular formula is C21H27ClN4O. The Labute approximate surface area is 166 Å². The van der Waals surface area contributed by atoms with Gasteiger partial charge in [0.05, 0.1) is 6.54 Å². The van der Waals surface area contributed by atoms with Gasteiger partial charge < -0.3 is 5.32 Å². The van der Waals surface area contributed by atoms with Crippen LogP contribution in [-0.4, -0.2) is 19.2 Å². The molecule has 0 aliphatic heterocycles. The highest BCUT2D eigenvalue weighted by atomic mass is 35.5. The van der Waals surface area contributed by atoms with Gasteiger partial charge in [-0.3, -0.25) is 0 Å². The van der Waals surface area contributed by atoms with Gasteiger partial charge in [0.25, 0.3) is 5.96 Å². The summed E-state index contributed by atoms with van der Waals surface area (Å²) in [6.45, 7) is 7.45. The monoisotopic (exact) mass is 386 g/mol. The first kappa shape index (κ1) is 21.2. The fourth-order valence-electron chi connectivity index (χ4n) is 2.85. The molecule has 0 aromatic heterocycles. The number of nitrogens with zero attached hydrogens (tertiary/aromatic N) is 3. The Morgan fingerprint density at radius 2 is 2.15 bits per heavy atom. The number of nitroso groups, excluding NO2 is 1. The van der Waals surface area contributed by atoms with Crippen LogP contribution in [0, 0.1) is 22.7 Å². The van der Waals surface area contributed by atoms with Crippen LogP contribution in [0.4, 0.5) is 0 Å². The second kappa shape index (κ2) is 10.3. The lowest BCUT2D eigenvalue weighted by molar-refractivity contribution is 0.624. The number of guanidine groups is 1. The van der Waals surface area contributed by atoms with Gasteiger partial charge in [0.15, 0.2) is 0 Å². The molecule has 0 bridgehead atoms. The predicted molar refractivity (Wildman–Crippen MR) is 114 cm³/mol. The van der Waals surface area contributed by atoms with Crippen LogP contribution in [0.25, 0.3) is 0 Å². The third-order valence-corrected chi connectivity index (χ3v) is 4.95. The molecule has 27 heavy (non-hydrogen) atoms. The van der Waals surface area contributed by atoms with E-state index in [2.05, 4.69) is 59.5 Å². The zero-order chi connectivity index (χ0) is 19.8. The van der Waals surface area contributed by atoms with Gasteiger partial charge in [0, 0.05) is 28.9 Å². The molecule has 0 saturated carbocycles. The van der Waals surface area contributed by atoms with Gasteiger partial charge in [0.1, 0.15) is 0 Å². The lowest BCUT2D eigenvalue weighted by atomic mass is 9.85. The third-order valence-electron chi connectivity index (χ3n) is 4.58. The van der Waals surface area contributed by atoms with Crippen molar-refractivity contribution in [2.45, 2.75) is 33.9 Å². The molecule has 0 radical (unpaired) electrons. The second-order valence-corrected chi connectivity index (χ2v) is 7.47. The molecule has 1 aliphatic carbocycles. The number of rotatable bonds is 6. The molecule has 0 spiro atoms. The highest BCUT2D eigenvalue weighted by Gasteiger charge is 2.16. The first-order chi connectivity index (χ1) is 12.9. The van der Waals surface area contributed by atoms with Crippen LogP contribution >= 0.6 is 11.6 Å². The van der Waals surface area contributed by atoms with Gasteiger partial charge in [-0.05, 0) is 41.6 Å². The molecule has 0 amide bonds. The van der Waals surface area contributed by atoms with Gasteiger partial charge in [-0.15, -0.1) is 4.91 Å². The van der Waals surface area contributed by atoms with Crippen LogP contribution in [0.1, 0.15) is 31.9 Å². The van der Waals surface area contributed by atoms with Crippen molar-refractivity contribution in [3.8, 4) is 0 Å². The van der Waals surface area contributed by atoms with Gasteiger partial charge in [-0.1, -0.05) is 62.7 Å². The van der Waals surface area contributed by atoms with E-state index in [1.165, 1.54) is 5.57 Å². The topological polar surface area (TPSA) is 66.2 Å². The van der Waals surface area contributed by atoms with Crippen LogP contribution in [0.5, 0.6) is 0 Å². The van der Waals surface area contributed by atoms with Crippen molar-refractivity contribution < 1.29 is 0 Å². The molecule has 2 unspecified atom stereocenters. The molecule has 2 atom stereocenters. The molecule has 2 rings (SSSR count). The predicted octanol–water partition coefficient (Wildman–Crippen LogP) is 5.16. The summed E-state index contributed by atoms with van der Waals surface area (Å²) in [5, 5.41) is 6.67. The Morgan fingerprint density at radius 1 is 1.37 bits per heavy atom. The van der Waals surface area contributed by atoms with E-state index in [4.69, 9.17) is 11.6 Å². The summed E-state index contributed by atoms with van der Waals surface area (Å²) < 4.78 is 0. The van der Waals surface area contributed by atoms with Crippen LogP contribution in [0.3, 0.4) is 0 Å². The van der Waals surface area contributed by atoms with Crippen molar-refractivity contribution in [3.05, 3.63) is 63.1 Å². The fourth-order valence-corrected chi connectivity index (χ4v) is 3.03. The normalized spacial score (nSPS) is 20.4. The maximum atomic E-state index is 11.1. The second-order valence-electron chi connectivity index (χ2n) is 7.06. The van der Waals surface area contributed by atoms with Crippen LogP contribution in [-0.2, 0) is 13.1 Å². The molecule has 6 heteroatoms. The molecular weight excluding hydrogens is 360 g/mol. The Balaban J connectivity index is 2.13. The van der Waals surface area contributed by atoms with Gasteiger partial charge in [-0.25, -0.2) is 9.98 Å². The number of nitrogens with one attached hydrogen (secondary N) is 1. The first-order valence-corrected chi connectivity index (χ1v) is 9.56. The molecule has 0 heterocycles. The largest absolute Gasteiger partial charge is 0.316 e. The molecule has 1 aliphatic rings. The zero-order valence-corrected chi connectivity index (χ0v) is 17.1. The summed E-state index contributed by atoms with van der Waals surface area (Å²) in [5.41, 5.74) is 3.22. The summed E-state index contributed by atoms with van der Waals surface area (Å²) in [7, 11) is 1.89. The molecule has 0 fully saturated rings. The maximum absolute atomic E-state index is 11.1. The molecule has 1 aromatic rings. The van der Waals surface area contributed by atoms with E-state index in [1.54, 1.807) is 6.21 Å². The standard InChI is InChI=1S/C21H27ClN4O/c1-14(2)17-7-5-15(3)18(10-17)12-24-21(26-27)25-13-19-9-16(11-23-4)6-8-20(19)22/h5-10,12,14-15,18,23H,11,13H2,1-4H3/b24-12+,25-21+. The quantitative estimate of drug-likeness (QED) is 0.417. The van der Waals surface area contributed by atoms with E-state index in [0.29, 0.717) is 16.9 Å². The highest BCUT2D eigenvalue weighted by Crippen LogP contribution is 2.25. The number of benzene rings is 1. The summed E-state index contributed by atoms with van der Waals surface area (Å²) in [6, 6.07) is 5.77. The maximum Gasteiger partial charge on any atom is 0.286 e. The molecule has 0 saturated heterocycles. The zero-order valence-electron chi connectivity index (χ0n) is 16.3. The summed E-state index contributed by atoms with van der Waals surface area (Å²) in [5.74, 6) is 0.832. The highest BCUT2D eigenvalue weighted by molar-refractivity contribution is 6.31. The van der Waals surface area contributed by atoms with E-state index >= 15 is 0 Å². The molecule has 5 nitrogen and oxygen atoms in total. The number of aliphatic imine (C=N–C) groups is 2. The van der Waals surface area contributed by atoms with Crippen molar-refractivity contribution in [3.63, 3.8) is 0 Å².